The molecule has 2 aromatic carbocycles. The SMILES string of the molecule is S=P(C1=C(N2CCOCC2)/C(=C/c2ccccc2)CC1)(c1ccccc1)N1CCCCC1. The molecule has 1 unspecified atom stereocenters. The van der Waals surface area contributed by atoms with Crippen LogP contribution in [0.15, 0.2) is 77.2 Å². The predicted molar refractivity (Wildman–Crippen MR) is 139 cm³/mol. The maximum absolute atomic E-state index is 6.81. The van der Waals surface area contributed by atoms with Crippen molar-refractivity contribution >= 4 is 29.4 Å². The first kappa shape index (κ1) is 22.1. The number of hydrogen-bond donors (Lipinski definition) is 0. The Kier molecular flexibility index (Phi) is 6.94. The minimum Gasteiger partial charge on any atom is -0.378 e. The molecule has 0 N–H and O–H groups in total. The Morgan fingerprint density at radius 3 is 2.12 bits per heavy atom. The van der Waals surface area contributed by atoms with Crippen molar-refractivity contribution in [2.75, 3.05) is 39.4 Å². The van der Waals surface area contributed by atoms with Crippen LogP contribution in [0, 0.1) is 0 Å². The van der Waals surface area contributed by atoms with Crippen LogP contribution in [0.1, 0.15) is 37.7 Å². The van der Waals surface area contributed by atoms with Crippen LogP contribution in [0.3, 0.4) is 0 Å². The lowest BCUT2D eigenvalue weighted by atomic mass is 10.1. The monoisotopic (exact) mass is 464 g/mol. The lowest BCUT2D eigenvalue weighted by Gasteiger charge is -2.41. The minimum atomic E-state index is -2.04. The van der Waals surface area contributed by atoms with E-state index in [9.17, 15) is 0 Å². The Morgan fingerprint density at radius 1 is 0.781 bits per heavy atom. The summed E-state index contributed by atoms with van der Waals surface area (Å²) < 4.78 is 8.42. The Balaban J connectivity index is 1.67. The van der Waals surface area contributed by atoms with Crippen LogP contribution in [0.5, 0.6) is 0 Å². The highest BCUT2D eigenvalue weighted by molar-refractivity contribution is 8.19. The Morgan fingerprint density at radius 2 is 1.44 bits per heavy atom. The molecule has 5 heteroatoms. The van der Waals surface area contributed by atoms with Crippen LogP contribution in [-0.2, 0) is 16.5 Å². The molecule has 0 amide bonds. The molecule has 1 atom stereocenters. The van der Waals surface area contributed by atoms with Crippen molar-refractivity contribution in [1.29, 1.82) is 0 Å². The van der Waals surface area contributed by atoms with Crippen molar-refractivity contribution in [2.45, 2.75) is 32.1 Å². The number of hydrogen-bond acceptors (Lipinski definition) is 3. The molecule has 2 saturated heterocycles. The average molecular weight is 465 g/mol. The summed E-state index contributed by atoms with van der Waals surface area (Å²) in [6, 6.07) is 21.8. The molecule has 1 aliphatic carbocycles. The van der Waals surface area contributed by atoms with E-state index >= 15 is 0 Å². The number of ether oxygens (including phenoxy) is 1. The van der Waals surface area contributed by atoms with Gasteiger partial charge in [-0.15, -0.1) is 0 Å². The van der Waals surface area contributed by atoms with Gasteiger partial charge >= 0.3 is 0 Å². The van der Waals surface area contributed by atoms with Gasteiger partial charge in [0.1, 0.15) is 0 Å². The van der Waals surface area contributed by atoms with E-state index in [-0.39, 0.29) is 0 Å². The molecule has 3 aliphatic rings. The van der Waals surface area contributed by atoms with E-state index in [1.165, 1.54) is 46.7 Å². The van der Waals surface area contributed by atoms with E-state index in [4.69, 9.17) is 16.5 Å². The van der Waals surface area contributed by atoms with E-state index in [1.54, 1.807) is 0 Å². The summed E-state index contributed by atoms with van der Waals surface area (Å²) in [5.41, 5.74) is 4.17. The molecule has 2 aliphatic heterocycles. The number of morpholine rings is 1. The maximum Gasteiger partial charge on any atom is 0.0691 e. The van der Waals surface area contributed by atoms with Crippen LogP contribution in [0.4, 0.5) is 0 Å². The molecule has 168 valence electrons. The van der Waals surface area contributed by atoms with E-state index < -0.39 is 6.19 Å². The van der Waals surface area contributed by atoms with Gasteiger partial charge in [-0.2, -0.15) is 0 Å². The van der Waals surface area contributed by atoms with Gasteiger partial charge in [0.25, 0.3) is 0 Å². The summed E-state index contributed by atoms with van der Waals surface area (Å²) in [7, 11) is 0. The average Bonchev–Trinajstić information content (AvgIpc) is 3.29. The third-order valence-corrected chi connectivity index (χ3v) is 12.2. The van der Waals surface area contributed by atoms with E-state index in [1.807, 2.05) is 0 Å². The molecule has 2 fully saturated rings. The quantitative estimate of drug-likeness (QED) is 0.534. The molecule has 0 spiro atoms. The fraction of sp³-hybridized carbons (Fsp3) is 0.407. The van der Waals surface area contributed by atoms with Gasteiger partial charge in [-0.1, -0.05) is 78.9 Å². The zero-order valence-electron chi connectivity index (χ0n) is 18.8. The van der Waals surface area contributed by atoms with Gasteiger partial charge in [0.05, 0.1) is 19.4 Å². The molecule has 32 heavy (non-hydrogen) atoms. The first-order valence-electron chi connectivity index (χ1n) is 12.0. The summed E-state index contributed by atoms with van der Waals surface area (Å²) >= 11 is 6.81. The third kappa shape index (κ3) is 4.39. The van der Waals surface area contributed by atoms with Crippen LogP contribution in [-0.4, -0.2) is 49.0 Å². The second-order valence-corrected chi connectivity index (χ2v) is 13.3. The summed E-state index contributed by atoms with van der Waals surface area (Å²) in [5.74, 6) is 0. The largest absolute Gasteiger partial charge is 0.378 e. The number of nitrogens with zero attached hydrogens (tertiary/aromatic N) is 2. The molecule has 0 aromatic heterocycles. The fourth-order valence-corrected chi connectivity index (χ4v) is 10.1. The predicted octanol–water partition coefficient (Wildman–Crippen LogP) is 5.61. The minimum absolute atomic E-state index is 0.799. The van der Waals surface area contributed by atoms with Crippen LogP contribution in [0.2, 0.25) is 0 Å². The van der Waals surface area contributed by atoms with Gasteiger partial charge in [-0.05, 0) is 42.9 Å². The smallest absolute Gasteiger partial charge is 0.0691 e. The highest BCUT2D eigenvalue weighted by Crippen LogP contribution is 2.63. The molecule has 0 radical (unpaired) electrons. The maximum atomic E-state index is 6.81. The number of piperidine rings is 1. The molecule has 5 rings (SSSR count). The summed E-state index contributed by atoms with van der Waals surface area (Å²) in [5, 5.41) is 2.89. The van der Waals surface area contributed by atoms with Gasteiger partial charge in [0, 0.05) is 42.5 Å². The number of allylic oxidation sites excluding steroid dienone is 2. The second kappa shape index (κ2) is 10.1. The van der Waals surface area contributed by atoms with Gasteiger partial charge in [-0.3, -0.25) is 4.67 Å². The Hall–Kier alpha value is -1.71. The van der Waals surface area contributed by atoms with Crippen LogP contribution < -0.4 is 5.30 Å². The molecule has 0 saturated carbocycles. The van der Waals surface area contributed by atoms with Crippen LogP contribution in [0.25, 0.3) is 6.08 Å². The van der Waals surface area contributed by atoms with E-state index in [0.717, 1.165) is 52.2 Å². The van der Waals surface area contributed by atoms with Gasteiger partial charge in [0.2, 0.25) is 0 Å². The molecule has 2 aromatic rings. The zero-order valence-corrected chi connectivity index (χ0v) is 20.5. The van der Waals surface area contributed by atoms with Crippen molar-refractivity contribution in [3.05, 3.63) is 82.8 Å². The van der Waals surface area contributed by atoms with Crippen molar-refractivity contribution in [3.63, 3.8) is 0 Å². The second-order valence-electron chi connectivity index (χ2n) is 8.90. The fourth-order valence-electron chi connectivity index (χ4n) is 5.31. The van der Waals surface area contributed by atoms with Gasteiger partial charge in [0.15, 0.2) is 0 Å². The topological polar surface area (TPSA) is 15.7 Å². The first-order valence-corrected chi connectivity index (χ1v) is 14.8. The van der Waals surface area contributed by atoms with Crippen molar-refractivity contribution in [1.82, 2.24) is 9.57 Å². The zero-order chi connectivity index (χ0) is 21.8. The molecule has 0 bridgehead atoms. The lowest BCUT2D eigenvalue weighted by Crippen LogP contribution is -2.37. The number of benzene rings is 2. The van der Waals surface area contributed by atoms with Gasteiger partial charge < -0.3 is 9.64 Å². The summed E-state index contributed by atoms with van der Waals surface area (Å²) in [6.45, 7) is 5.76. The van der Waals surface area contributed by atoms with E-state index in [2.05, 4.69) is 76.3 Å². The standard InChI is InChI=1S/C27H33N2OPS/c32-31(25-12-6-2-7-13-25,29-16-8-3-9-17-29)26-15-14-24(22-23-10-4-1-5-11-23)27(26)28-18-20-30-21-19-28/h1-2,4-7,10-13,22H,3,8-9,14-21H2/b24-22+. The third-order valence-electron chi connectivity index (χ3n) is 6.88. The van der Waals surface area contributed by atoms with E-state index in [0.29, 0.717) is 0 Å². The molecule has 2 heterocycles. The van der Waals surface area contributed by atoms with Gasteiger partial charge in [-0.25, -0.2) is 0 Å². The first-order chi connectivity index (χ1) is 15.8. The highest BCUT2D eigenvalue weighted by Gasteiger charge is 2.39. The molecular formula is C27H33N2OPS. The summed E-state index contributed by atoms with van der Waals surface area (Å²) in [4.78, 5) is 2.58. The number of rotatable bonds is 5. The molecular weight excluding hydrogens is 431 g/mol. The van der Waals surface area contributed by atoms with Crippen molar-refractivity contribution < 1.29 is 4.74 Å². The van der Waals surface area contributed by atoms with Crippen molar-refractivity contribution in [3.8, 4) is 0 Å². The normalized spacial score (nSPS) is 23.5. The summed E-state index contributed by atoms with van der Waals surface area (Å²) in [6.07, 6.45) is 6.37. The Bertz CT molecular complexity index is 1020. The lowest BCUT2D eigenvalue weighted by molar-refractivity contribution is 0.0548. The van der Waals surface area contributed by atoms with Crippen LogP contribution >= 0.6 is 6.19 Å². The van der Waals surface area contributed by atoms with Crippen molar-refractivity contribution in [2.24, 2.45) is 0 Å². The highest BCUT2D eigenvalue weighted by atomic mass is 32.4. The Labute approximate surface area is 197 Å². The molecule has 3 nitrogen and oxygen atoms in total.